The molecule has 1 saturated carbocycles. The molecule has 0 bridgehead atoms. The number of hydrogen-bond acceptors (Lipinski definition) is 3. The molecule has 2 aromatic rings. The summed E-state index contributed by atoms with van der Waals surface area (Å²) in [4.78, 5) is 20.5. The van der Waals surface area contributed by atoms with Crippen LogP contribution < -0.4 is 16.0 Å². The van der Waals surface area contributed by atoms with Crippen LogP contribution in [0, 0.1) is 22.9 Å². The van der Waals surface area contributed by atoms with Gasteiger partial charge < -0.3 is 16.0 Å². The monoisotopic (exact) mass is 585 g/mol. The third kappa shape index (κ3) is 15.9. The minimum Gasteiger partial charge on any atom is -0.356 e. The molecule has 1 fully saturated rings. The topological polar surface area (TPSA) is 70.2 Å². The Labute approximate surface area is 243 Å². The lowest BCUT2D eigenvalue weighted by molar-refractivity contribution is -0.110. The van der Waals surface area contributed by atoms with Gasteiger partial charge in [0.15, 0.2) is 11.6 Å². The van der Waals surface area contributed by atoms with E-state index in [-0.39, 0.29) is 23.2 Å². The maximum atomic E-state index is 14.0. The third-order valence-corrected chi connectivity index (χ3v) is 5.84. The third-order valence-electron chi connectivity index (χ3n) is 5.55. The van der Waals surface area contributed by atoms with Crippen molar-refractivity contribution in [2.24, 2.45) is 5.41 Å². The van der Waals surface area contributed by atoms with Gasteiger partial charge in [-0.3, -0.25) is 9.59 Å². The molecule has 2 amide bonds. The number of hydrogen-bond donors (Lipinski definition) is 3. The van der Waals surface area contributed by atoms with Crippen LogP contribution >= 0.6 is 11.6 Å². The van der Waals surface area contributed by atoms with E-state index in [1.54, 1.807) is 12.1 Å². The first-order valence-electron chi connectivity index (χ1n) is 13.9. The van der Waals surface area contributed by atoms with Gasteiger partial charge in [-0.25, -0.2) is 13.2 Å². The first-order valence-corrected chi connectivity index (χ1v) is 14.3. The van der Waals surface area contributed by atoms with E-state index >= 15 is 0 Å². The van der Waals surface area contributed by atoms with Crippen LogP contribution in [0.1, 0.15) is 97.6 Å². The first kappa shape index (κ1) is 37.4. The second-order valence-electron chi connectivity index (χ2n) is 11.0. The van der Waals surface area contributed by atoms with Gasteiger partial charge in [0.1, 0.15) is 5.82 Å². The van der Waals surface area contributed by atoms with Crippen molar-refractivity contribution in [2.45, 2.75) is 99.1 Å². The van der Waals surface area contributed by atoms with Gasteiger partial charge in [-0.2, -0.15) is 0 Å². The van der Waals surface area contributed by atoms with Gasteiger partial charge in [-0.15, -0.1) is 0 Å². The smallest absolute Gasteiger partial charge is 0.211 e. The van der Waals surface area contributed by atoms with Crippen molar-refractivity contribution >= 4 is 30.1 Å². The molecule has 0 aromatic heterocycles. The second-order valence-corrected chi connectivity index (χ2v) is 11.4. The van der Waals surface area contributed by atoms with E-state index in [1.165, 1.54) is 38.2 Å². The average Bonchev–Trinajstić information content (AvgIpc) is 2.90. The fraction of sp³-hybridized carbons (Fsp3) is 0.548. The van der Waals surface area contributed by atoms with Gasteiger partial charge in [-0.1, -0.05) is 91.5 Å². The van der Waals surface area contributed by atoms with Crippen LogP contribution in [0.4, 0.5) is 18.9 Å². The number of halogens is 4. The summed E-state index contributed by atoms with van der Waals surface area (Å²) in [5, 5.41) is 8.22. The Balaban J connectivity index is 0.000000777. The van der Waals surface area contributed by atoms with Crippen molar-refractivity contribution in [1.82, 2.24) is 10.6 Å². The Bertz CT molecular complexity index is 1000. The van der Waals surface area contributed by atoms with Gasteiger partial charge in [-0.05, 0) is 47.4 Å². The molecule has 0 aliphatic heterocycles. The normalized spacial score (nSPS) is 13.7. The Morgan fingerprint density at radius 3 is 2.10 bits per heavy atom. The molecule has 1 aliphatic carbocycles. The van der Waals surface area contributed by atoms with Crippen molar-refractivity contribution in [3.63, 3.8) is 0 Å². The summed E-state index contributed by atoms with van der Waals surface area (Å²) < 4.78 is 40.6. The van der Waals surface area contributed by atoms with Crippen molar-refractivity contribution < 1.29 is 22.8 Å². The molecule has 3 N–H and O–H groups in total. The largest absolute Gasteiger partial charge is 0.356 e. The van der Waals surface area contributed by atoms with Crippen LogP contribution in [-0.4, -0.2) is 25.4 Å². The van der Waals surface area contributed by atoms with E-state index in [4.69, 9.17) is 11.6 Å². The van der Waals surface area contributed by atoms with Crippen molar-refractivity contribution in [2.75, 3.05) is 11.9 Å². The van der Waals surface area contributed by atoms with Crippen LogP contribution in [-0.2, 0) is 16.1 Å². The molecule has 1 atom stereocenters. The second kappa shape index (κ2) is 20.3. The number of amides is 2. The Morgan fingerprint density at radius 1 is 0.975 bits per heavy atom. The van der Waals surface area contributed by atoms with E-state index in [2.05, 4.69) is 43.6 Å². The van der Waals surface area contributed by atoms with Gasteiger partial charge in [0, 0.05) is 30.9 Å². The van der Waals surface area contributed by atoms with Gasteiger partial charge >= 0.3 is 0 Å². The zero-order valence-corrected chi connectivity index (χ0v) is 25.7. The van der Waals surface area contributed by atoms with Crippen molar-refractivity contribution in [3.8, 4) is 0 Å². The molecule has 9 heteroatoms. The van der Waals surface area contributed by atoms with Gasteiger partial charge in [0.25, 0.3) is 0 Å². The highest BCUT2D eigenvalue weighted by Gasteiger charge is 2.14. The fourth-order valence-corrected chi connectivity index (χ4v) is 3.91. The highest BCUT2D eigenvalue weighted by molar-refractivity contribution is 6.30. The molecule has 226 valence electrons. The maximum absolute atomic E-state index is 14.0. The SMILES string of the molecule is CC.CC(C)(C)C.CC(CNCc1cc(F)c(F)cc1NC=O)c1cccc(Cl)c1F.O=CNC1CCCCC1. The summed E-state index contributed by atoms with van der Waals surface area (Å²) >= 11 is 5.76. The molecule has 0 saturated heterocycles. The Morgan fingerprint density at radius 2 is 1.55 bits per heavy atom. The summed E-state index contributed by atoms with van der Waals surface area (Å²) in [5.41, 5.74) is 1.53. The Kier molecular flexibility index (Phi) is 19.0. The molecule has 0 radical (unpaired) electrons. The average molecular weight is 586 g/mol. The summed E-state index contributed by atoms with van der Waals surface area (Å²) in [5.74, 6) is -2.70. The van der Waals surface area contributed by atoms with Gasteiger partial charge in [0.05, 0.1) is 5.02 Å². The molecule has 0 spiro atoms. The Hall–Kier alpha value is -2.58. The van der Waals surface area contributed by atoms with Crippen molar-refractivity contribution in [3.05, 3.63) is 63.9 Å². The summed E-state index contributed by atoms with van der Waals surface area (Å²) in [7, 11) is 0. The molecule has 2 aromatic carbocycles. The summed E-state index contributed by atoms with van der Waals surface area (Å²) in [6.07, 6.45) is 7.47. The molecule has 5 nitrogen and oxygen atoms in total. The minimum atomic E-state index is -1.04. The van der Waals surface area contributed by atoms with E-state index < -0.39 is 17.5 Å². The molecule has 3 rings (SSSR count). The summed E-state index contributed by atoms with van der Waals surface area (Å²) in [6, 6.07) is 7.19. The van der Waals surface area contributed by atoms with Crippen LogP contribution in [0.5, 0.6) is 0 Å². The van der Waals surface area contributed by atoms with Gasteiger partial charge in [0.2, 0.25) is 12.8 Å². The maximum Gasteiger partial charge on any atom is 0.211 e. The molecule has 1 unspecified atom stereocenters. The number of anilines is 1. The molecule has 1 aliphatic rings. The number of rotatable bonds is 9. The van der Waals surface area contributed by atoms with Crippen LogP contribution in [0.25, 0.3) is 0 Å². The van der Waals surface area contributed by atoms with E-state index in [0.717, 1.165) is 18.5 Å². The predicted molar refractivity (Wildman–Crippen MR) is 160 cm³/mol. The molecule has 40 heavy (non-hydrogen) atoms. The van der Waals surface area contributed by atoms with Crippen molar-refractivity contribution in [1.29, 1.82) is 0 Å². The lowest BCUT2D eigenvalue weighted by Gasteiger charge is -2.19. The standard InChI is InChI=1S/C17H16ClF3N2O.C7H13NO.C5H12.C2H6/c1-10(12-3-2-4-13(18)17(12)21)7-22-8-11-5-14(19)15(20)6-16(11)23-9-24;9-6-8-7-4-2-1-3-5-7;1-5(2,3)4;1-2/h2-6,9-10,22H,7-8H2,1H3,(H,23,24);6-7H,1-5H2,(H,8,9);1-4H3;1-2H3. The van der Waals surface area contributed by atoms with Crippen LogP contribution in [0.15, 0.2) is 30.3 Å². The number of carbonyl (C=O) groups excluding carboxylic acids is 2. The number of nitrogens with one attached hydrogen (secondary N) is 3. The molecular weight excluding hydrogens is 539 g/mol. The zero-order chi connectivity index (χ0) is 30.7. The fourth-order valence-electron chi connectivity index (χ4n) is 3.73. The highest BCUT2D eigenvalue weighted by atomic mass is 35.5. The lowest BCUT2D eigenvalue weighted by atomic mass is 9.96. The van der Waals surface area contributed by atoms with Crippen LogP contribution in [0.2, 0.25) is 5.02 Å². The van der Waals surface area contributed by atoms with E-state index in [0.29, 0.717) is 35.5 Å². The quantitative estimate of drug-likeness (QED) is 0.259. The molecular formula is C31H47ClF3N3O2. The number of carbonyl (C=O) groups is 2. The number of benzene rings is 2. The summed E-state index contributed by atoms with van der Waals surface area (Å²) in [6.45, 7) is 15.1. The van der Waals surface area contributed by atoms with Crippen LogP contribution in [0.3, 0.4) is 0 Å². The minimum absolute atomic E-state index is 0.0532. The molecule has 0 heterocycles. The lowest BCUT2D eigenvalue weighted by Crippen LogP contribution is -2.29. The first-order chi connectivity index (χ1) is 18.9. The van der Waals surface area contributed by atoms with E-state index in [1.807, 2.05) is 20.8 Å². The zero-order valence-electron chi connectivity index (χ0n) is 25.0. The highest BCUT2D eigenvalue weighted by Crippen LogP contribution is 2.25. The van der Waals surface area contributed by atoms with E-state index in [9.17, 15) is 22.8 Å². The predicted octanol–water partition coefficient (Wildman–Crippen LogP) is 8.36.